The van der Waals surface area contributed by atoms with Gasteiger partial charge in [0.15, 0.2) is 0 Å². The monoisotopic (exact) mass is 606 g/mol. The van der Waals surface area contributed by atoms with E-state index >= 15 is 4.39 Å². The first-order chi connectivity index (χ1) is 21.3. The number of halogens is 1. The van der Waals surface area contributed by atoms with Gasteiger partial charge in [0.2, 0.25) is 0 Å². The Labute approximate surface area is 257 Å². The lowest BCUT2D eigenvalue weighted by atomic mass is 9.89. The number of esters is 1. The fourth-order valence-electron chi connectivity index (χ4n) is 6.47. The van der Waals surface area contributed by atoms with Crippen LogP contribution >= 0.6 is 0 Å². The van der Waals surface area contributed by atoms with Crippen LogP contribution in [0.2, 0.25) is 0 Å². The quantitative estimate of drug-likeness (QED) is 0.222. The van der Waals surface area contributed by atoms with Gasteiger partial charge in [0.1, 0.15) is 29.2 Å². The van der Waals surface area contributed by atoms with Gasteiger partial charge in [-0.2, -0.15) is 0 Å². The number of hydrogen-bond acceptors (Lipinski definition) is 8. The van der Waals surface area contributed by atoms with Crippen molar-refractivity contribution in [3.8, 4) is 28.4 Å². The number of ether oxygens (including phenoxy) is 7. The van der Waals surface area contributed by atoms with Crippen molar-refractivity contribution in [1.82, 2.24) is 0 Å². The number of benzene rings is 3. The molecule has 9 heteroatoms. The van der Waals surface area contributed by atoms with Crippen molar-refractivity contribution in [3.63, 3.8) is 0 Å². The Hall–Kier alpha value is -3.66. The molecule has 8 nitrogen and oxygen atoms in total. The van der Waals surface area contributed by atoms with Gasteiger partial charge in [0.05, 0.1) is 53.2 Å². The SMILES string of the molecule is COCc1cc(OCC2(C)COC2)cc(COC)c1-c1ccc(F)c2c1CC[C@H]2Oc1ccc2c(c1)OC[C@H]2CC(=O)OC. The molecule has 0 spiro atoms. The van der Waals surface area contributed by atoms with Gasteiger partial charge in [0.25, 0.3) is 0 Å². The van der Waals surface area contributed by atoms with Crippen LogP contribution in [-0.4, -0.2) is 53.7 Å². The molecule has 0 saturated carbocycles. The summed E-state index contributed by atoms with van der Waals surface area (Å²) in [5.41, 5.74) is 6.25. The standard InChI is InChI=1S/C35H39FO8/c1-35(18-41-19-35)20-43-25-11-22(15-38-2)33(23(12-25)16-39-3)27-7-9-29(36)34-28(27)8-10-30(34)44-24-5-6-26-21(13-32(37)40-4)17-42-31(26)14-24/h5-7,9,11-12,14,21,30H,8,10,13,15-20H2,1-4H3/t21-,30-/m1/s1. The third-order valence-electron chi connectivity index (χ3n) is 8.70. The minimum absolute atomic E-state index is 0.00399. The molecule has 0 amide bonds. The molecule has 1 fully saturated rings. The zero-order valence-corrected chi connectivity index (χ0v) is 25.7. The second-order valence-electron chi connectivity index (χ2n) is 12.2. The molecular weight excluding hydrogens is 567 g/mol. The molecule has 0 radical (unpaired) electrons. The van der Waals surface area contributed by atoms with Gasteiger partial charge in [0, 0.05) is 42.7 Å². The molecule has 0 unspecified atom stereocenters. The summed E-state index contributed by atoms with van der Waals surface area (Å²) in [6.07, 6.45) is 1.09. The third-order valence-corrected chi connectivity index (χ3v) is 8.70. The predicted octanol–water partition coefficient (Wildman–Crippen LogP) is 6.31. The topological polar surface area (TPSA) is 81.7 Å². The van der Waals surface area contributed by atoms with Gasteiger partial charge in [-0.05, 0) is 64.9 Å². The molecule has 2 heterocycles. The Morgan fingerprint density at radius 3 is 2.41 bits per heavy atom. The zero-order chi connectivity index (χ0) is 30.8. The number of carbonyl (C=O) groups is 1. The van der Waals surface area contributed by atoms with Gasteiger partial charge in [-0.3, -0.25) is 4.79 Å². The van der Waals surface area contributed by atoms with Crippen molar-refractivity contribution in [2.75, 3.05) is 47.8 Å². The first kappa shape index (κ1) is 30.4. The van der Waals surface area contributed by atoms with Gasteiger partial charge in [-0.25, -0.2) is 4.39 Å². The van der Waals surface area contributed by atoms with Crippen molar-refractivity contribution in [2.45, 2.75) is 51.4 Å². The van der Waals surface area contributed by atoms with E-state index < -0.39 is 6.10 Å². The van der Waals surface area contributed by atoms with Gasteiger partial charge in [-0.1, -0.05) is 19.1 Å². The van der Waals surface area contributed by atoms with Gasteiger partial charge >= 0.3 is 5.97 Å². The Kier molecular flexibility index (Phi) is 8.80. The Bertz CT molecular complexity index is 1500. The van der Waals surface area contributed by atoms with Gasteiger partial charge in [-0.15, -0.1) is 0 Å². The van der Waals surface area contributed by atoms with E-state index in [2.05, 4.69) is 6.92 Å². The molecule has 0 bridgehead atoms. The second kappa shape index (κ2) is 12.8. The Morgan fingerprint density at radius 2 is 1.75 bits per heavy atom. The summed E-state index contributed by atoms with van der Waals surface area (Å²) in [6.45, 7) is 5.19. The number of fused-ring (bicyclic) bond motifs is 2. The fraction of sp³-hybridized carbons (Fsp3) is 0.457. The molecule has 1 saturated heterocycles. The molecule has 3 aromatic carbocycles. The van der Waals surface area contributed by atoms with Crippen LogP contribution in [0.5, 0.6) is 17.2 Å². The summed E-state index contributed by atoms with van der Waals surface area (Å²) in [5.74, 6) is 1.39. The lowest BCUT2D eigenvalue weighted by Gasteiger charge is -2.37. The number of hydrogen-bond donors (Lipinski definition) is 0. The smallest absolute Gasteiger partial charge is 0.306 e. The van der Waals surface area contributed by atoms with E-state index in [-0.39, 0.29) is 29.5 Å². The molecule has 0 aromatic heterocycles. The molecular formula is C35H39FO8. The zero-order valence-electron chi connectivity index (χ0n) is 25.7. The average molecular weight is 607 g/mol. The van der Waals surface area contributed by atoms with Crippen molar-refractivity contribution in [1.29, 1.82) is 0 Å². The maximum absolute atomic E-state index is 15.5. The van der Waals surface area contributed by atoms with Crippen molar-refractivity contribution >= 4 is 5.97 Å². The first-order valence-electron chi connectivity index (χ1n) is 15.0. The highest BCUT2D eigenvalue weighted by atomic mass is 19.1. The highest BCUT2D eigenvalue weighted by Gasteiger charge is 2.35. The van der Waals surface area contributed by atoms with E-state index in [1.165, 1.54) is 13.2 Å². The Balaban J connectivity index is 1.30. The van der Waals surface area contributed by atoms with Crippen LogP contribution in [0.1, 0.15) is 59.6 Å². The molecule has 0 N–H and O–H groups in total. The fourth-order valence-corrected chi connectivity index (χ4v) is 6.47. The average Bonchev–Trinajstić information content (AvgIpc) is 3.60. The predicted molar refractivity (Wildman–Crippen MR) is 161 cm³/mol. The summed E-state index contributed by atoms with van der Waals surface area (Å²) in [7, 11) is 4.71. The minimum Gasteiger partial charge on any atom is -0.493 e. The molecule has 2 atom stereocenters. The second-order valence-corrected chi connectivity index (χ2v) is 12.2. The molecule has 2 aliphatic heterocycles. The molecule has 1 aliphatic carbocycles. The summed E-state index contributed by atoms with van der Waals surface area (Å²) in [4.78, 5) is 11.8. The van der Waals surface area contributed by atoms with E-state index in [0.29, 0.717) is 69.5 Å². The van der Waals surface area contributed by atoms with Crippen LogP contribution in [-0.2, 0) is 43.4 Å². The lowest BCUT2D eigenvalue weighted by molar-refractivity contribution is -0.141. The first-order valence-corrected chi connectivity index (χ1v) is 15.0. The maximum atomic E-state index is 15.5. The van der Waals surface area contributed by atoms with Crippen LogP contribution in [0.4, 0.5) is 4.39 Å². The minimum atomic E-state index is -0.458. The highest BCUT2D eigenvalue weighted by Crippen LogP contribution is 2.46. The lowest BCUT2D eigenvalue weighted by Crippen LogP contribution is -2.44. The van der Waals surface area contributed by atoms with Crippen molar-refractivity contribution < 1.29 is 42.3 Å². The number of methoxy groups -OCH3 is 3. The number of carbonyl (C=O) groups excluding carboxylic acids is 1. The maximum Gasteiger partial charge on any atom is 0.306 e. The normalized spacial score (nSPS) is 19.5. The van der Waals surface area contributed by atoms with Crippen LogP contribution in [0.3, 0.4) is 0 Å². The summed E-state index contributed by atoms with van der Waals surface area (Å²) >= 11 is 0. The highest BCUT2D eigenvalue weighted by molar-refractivity contribution is 5.77. The van der Waals surface area contributed by atoms with Crippen LogP contribution < -0.4 is 14.2 Å². The summed E-state index contributed by atoms with van der Waals surface area (Å²) in [6, 6.07) is 13.0. The largest absolute Gasteiger partial charge is 0.493 e. The van der Waals surface area contributed by atoms with Crippen molar-refractivity contribution in [2.24, 2.45) is 5.41 Å². The van der Waals surface area contributed by atoms with E-state index in [9.17, 15) is 4.79 Å². The summed E-state index contributed by atoms with van der Waals surface area (Å²) < 4.78 is 55.5. The van der Waals surface area contributed by atoms with E-state index in [1.807, 2.05) is 36.4 Å². The molecule has 234 valence electrons. The van der Waals surface area contributed by atoms with Crippen LogP contribution in [0.15, 0.2) is 42.5 Å². The van der Waals surface area contributed by atoms with E-state index in [1.54, 1.807) is 14.2 Å². The van der Waals surface area contributed by atoms with Gasteiger partial charge < -0.3 is 33.2 Å². The van der Waals surface area contributed by atoms with Crippen molar-refractivity contribution in [3.05, 3.63) is 76.1 Å². The third kappa shape index (κ3) is 6.01. The van der Waals surface area contributed by atoms with E-state index in [4.69, 9.17) is 33.2 Å². The molecule has 3 aliphatic rings. The molecule has 44 heavy (non-hydrogen) atoms. The Morgan fingerprint density at radius 1 is 1.00 bits per heavy atom. The number of rotatable bonds is 12. The van der Waals surface area contributed by atoms with Crippen LogP contribution in [0.25, 0.3) is 11.1 Å². The summed E-state index contributed by atoms with van der Waals surface area (Å²) in [5, 5.41) is 0. The molecule has 6 rings (SSSR count). The molecule has 3 aromatic rings. The van der Waals surface area contributed by atoms with Crippen LogP contribution in [0, 0.1) is 11.2 Å². The van der Waals surface area contributed by atoms with E-state index in [0.717, 1.165) is 39.1 Å².